The summed E-state index contributed by atoms with van der Waals surface area (Å²) >= 11 is 0. The van der Waals surface area contributed by atoms with E-state index >= 15 is 0 Å². The lowest BCUT2D eigenvalue weighted by molar-refractivity contribution is 0.146. The van der Waals surface area contributed by atoms with Gasteiger partial charge in [0, 0.05) is 30.8 Å². The topological polar surface area (TPSA) is 82.3 Å². The summed E-state index contributed by atoms with van der Waals surface area (Å²) in [6, 6.07) is 21.8. The van der Waals surface area contributed by atoms with Gasteiger partial charge < -0.3 is 20.5 Å². The van der Waals surface area contributed by atoms with E-state index in [1.54, 1.807) is 13.3 Å². The molecule has 152 valence electrons. The van der Waals surface area contributed by atoms with E-state index in [2.05, 4.69) is 28.5 Å². The van der Waals surface area contributed by atoms with Crippen molar-refractivity contribution in [3.63, 3.8) is 0 Å². The molecular weight excluding hydrogens is 376 g/mol. The highest BCUT2D eigenvalue weighted by Crippen LogP contribution is 2.25. The number of aromatic nitrogens is 2. The fourth-order valence-electron chi connectivity index (χ4n) is 3.16. The van der Waals surface area contributed by atoms with Crippen molar-refractivity contribution in [2.75, 3.05) is 31.4 Å². The molecule has 2 heterocycles. The third-order valence-corrected chi connectivity index (χ3v) is 4.76. The van der Waals surface area contributed by atoms with Gasteiger partial charge in [-0.25, -0.2) is 4.98 Å². The molecule has 0 aliphatic rings. The van der Waals surface area contributed by atoms with Crippen LogP contribution in [0.3, 0.4) is 0 Å². The van der Waals surface area contributed by atoms with Gasteiger partial charge in [-0.1, -0.05) is 12.1 Å². The van der Waals surface area contributed by atoms with E-state index in [0.717, 1.165) is 33.5 Å². The van der Waals surface area contributed by atoms with E-state index in [1.165, 1.54) is 0 Å². The van der Waals surface area contributed by atoms with E-state index in [9.17, 15) is 0 Å². The Hall–Kier alpha value is -3.64. The summed E-state index contributed by atoms with van der Waals surface area (Å²) in [5.41, 5.74) is 10.7. The zero-order valence-corrected chi connectivity index (χ0v) is 16.8. The molecule has 6 nitrogen and oxygen atoms in total. The second-order valence-electron chi connectivity index (χ2n) is 6.88. The van der Waals surface area contributed by atoms with Crippen LogP contribution in [-0.4, -0.2) is 30.3 Å². The van der Waals surface area contributed by atoms with Gasteiger partial charge in [-0.15, -0.1) is 0 Å². The van der Waals surface area contributed by atoms with Gasteiger partial charge in [0.15, 0.2) is 0 Å². The number of fused-ring (bicyclic) bond motifs is 1. The Morgan fingerprint density at radius 3 is 2.67 bits per heavy atom. The van der Waals surface area contributed by atoms with Crippen LogP contribution >= 0.6 is 0 Å². The lowest BCUT2D eigenvalue weighted by Gasteiger charge is -2.12. The minimum atomic E-state index is 0.523. The number of methoxy groups -OCH3 is 1. The van der Waals surface area contributed by atoms with Gasteiger partial charge in [0.25, 0.3) is 0 Å². The van der Waals surface area contributed by atoms with Gasteiger partial charge in [0.2, 0.25) is 0 Å². The van der Waals surface area contributed by atoms with E-state index in [1.807, 2.05) is 48.5 Å². The Morgan fingerprint density at radius 2 is 1.83 bits per heavy atom. The number of nitrogen functional groups attached to an aromatic ring is 1. The Bertz CT molecular complexity index is 1130. The number of nitrogens with one attached hydrogen (secondary N) is 1. The molecule has 2 aromatic heterocycles. The second kappa shape index (κ2) is 9.24. The van der Waals surface area contributed by atoms with Crippen LogP contribution in [0.2, 0.25) is 0 Å². The van der Waals surface area contributed by atoms with Gasteiger partial charge in [0.05, 0.1) is 23.5 Å². The van der Waals surface area contributed by atoms with Crippen LogP contribution in [0.25, 0.3) is 22.2 Å². The van der Waals surface area contributed by atoms with Crippen molar-refractivity contribution in [1.82, 2.24) is 9.97 Å². The minimum absolute atomic E-state index is 0.523. The number of rotatable bonds is 8. The SMILES string of the molecule is COCCOc1ccc(-c2ccc(N)c(NCc3ccc4ncccc4c3)n2)cc1. The molecule has 0 saturated carbocycles. The number of hydrogen-bond acceptors (Lipinski definition) is 6. The van der Waals surface area contributed by atoms with E-state index in [-0.39, 0.29) is 0 Å². The van der Waals surface area contributed by atoms with E-state index in [0.29, 0.717) is 31.3 Å². The van der Waals surface area contributed by atoms with Crippen LogP contribution in [0, 0.1) is 0 Å². The van der Waals surface area contributed by atoms with Gasteiger partial charge in [-0.05, 0) is 60.2 Å². The number of pyridine rings is 2. The molecule has 0 unspecified atom stereocenters. The smallest absolute Gasteiger partial charge is 0.150 e. The fraction of sp³-hybridized carbons (Fsp3) is 0.167. The first-order valence-electron chi connectivity index (χ1n) is 9.79. The highest BCUT2D eigenvalue weighted by molar-refractivity contribution is 5.79. The highest BCUT2D eigenvalue weighted by Gasteiger charge is 2.06. The van der Waals surface area contributed by atoms with Gasteiger partial charge in [-0.3, -0.25) is 4.98 Å². The summed E-state index contributed by atoms with van der Waals surface area (Å²) in [4.78, 5) is 9.07. The summed E-state index contributed by atoms with van der Waals surface area (Å²) in [5, 5.41) is 4.47. The molecule has 3 N–H and O–H groups in total. The monoisotopic (exact) mass is 400 g/mol. The summed E-state index contributed by atoms with van der Waals surface area (Å²) < 4.78 is 10.6. The number of nitrogens with two attached hydrogens (primary N) is 1. The summed E-state index contributed by atoms with van der Waals surface area (Å²) in [6.45, 7) is 1.71. The Morgan fingerprint density at radius 1 is 0.967 bits per heavy atom. The summed E-state index contributed by atoms with van der Waals surface area (Å²) in [6.07, 6.45) is 1.80. The average Bonchev–Trinajstić information content (AvgIpc) is 2.79. The van der Waals surface area contributed by atoms with Crippen LogP contribution in [0.1, 0.15) is 5.56 Å². The predicted octanol–water partition coefficient (Wildman–Crippen LogP) is 4.52. The maximum Gasteiger partial charge on any atom is 0.150 e. The molecule has 0 aliphatic carbocycles. The number of anilines is 2. The fourth-order valence-corrected chi connectivity index (χ4v) is 3.16. The Kier molecular flexibility index (Phi) is 6.06. The van der Waals surface area contributed by atoms with Crippen molar-refractivity contribution < 1.29 is 9.47 Å². The maximum absolute atomic E-state index is 6.15. The summed E-state index contributed by atoms with van der Waals surface area (Å²) in [7, 11) is 1.65. The average molecular weight is 400 g/mol. The number of benzene rings is 2. The van der Waals surface area contributed by atoms with Gasteiger partial charge in [0.1, 0.15) is 18.2 Å². The largest absolute Gasteiger partial charge is 0.491 e. The van der Waals surface area contributed by atoms with Crippen LogP contribution in [0.5, 0.6) is 5.75 Å². The van der Waals surface area contributed by atoms with Gasteiger partial charge >= 0.3 is 0 Å². The van der Waals surface area contributed by atoms with Crippen LogP contribution < -0.4 is 15.8 Å². The first-order valence-corrected chi connectivity index (χ1v) is 9.79. The number of ether oxygens (including phenoxy) is 2. The van der Waals surface area contributed by atoms with Crippen molar-refractivity contribution in [2.45, 2.75) is 6.54 Å². The Labute approximate surface area is 175 Å². The molecule has 0 radical (unpaired) electrons. The first kappa shape index (κ1) is 19.7. The molecule has 2 aromatic carbocycles. The standard InChI is InChI=1S/C24H24N4O2/c1-29-13-14-30-20-7-5-18(6-8-20)23-11-9-21(25)24(28-23)27-16-17-4-10-22-19(15-17)3-2-12-26-22/h2-12,15H,13-14,16,25H2,1H3,(H,27,28). The van der Waals surface area contributed by atoms with E-state index in [4.69, 9.17) is 20.2 Å². The normalized spacial score (nSPS) is 10.8. The van der Waals surface area contributed by atoms with Crippen molar-refractivity contribution in [3.05, 3.63) is 78.5 Å². The number of nitrogens with zero attached hydrogens (tertiary/aromatic N) is 2. The van der Waals surface area contributed by atoms with Crippen LogP contribution in [0.15, 0.2) is 72.9 Å². The predicted molar refractivity (Wildman–Crippen MR) is 121 cm³/mol. The first-order chi connectivity index (χ1) is 14.7. The molecule has 0 amide bonds. The van der Waals surface area contributed by atoms with Crippen molar-refractivity contribution >= 4 is 22.4 Å². The van der Waals surface area contributed by atoms with Crippen molar-refractivity contribution in [1.29, 1.82) is 0 Å². The molecule has 0 bridgehead atoms. The molecule has 6 heteroatoms. The third kappa shape index (κ3) is 4.67. The number of hydrogen-bond donors (Lipinski definition) is 2. The zero-order chi connectivity index (χ0) is 20.8. The summed E-state index contributed by atoms with van der Waals surface area (Å²) in [5.74, 6) is 1.47. The quantitative estimate of drug-likeness (QED) is 0.423. The molecule has 0 spiro atoms. The molecular formula is C24H24N4O2. The molecule has 0 aliphatic heterocycles. The second-order valence-corrected chi connectivity index (χ2v) is 6.88. The van der Waals surface area contributed by atoms with Gasteiger partial charge in [-0.2, -0.15) is 0 Å². The van der Waals surface area contributed by atoms with Crippen molar-refractivity contribution in [3.8, 4) is 17.0 Å². The molecule has 0 fully saturated rings. The highest BCUT2D eigenvalue weighted by atomic mass is 16.5. The lowest BCUT2D eigenvalue weighted by Crippen LogP contribution is -2.05. The third-order valence-electron chi connectivity index (χ3n) is 4.76. The molecule has 0 atom stereocenters. The maximum atomic E-state index is 6.15. The molecule has 4 rings (SSSR count). The lowest BCUT2D eigenvalue weighted by atomic mass is 10.1. The van der Waals surface area contributed by atoms with E-state index < -0.39 is 0 Å². The molecule has 0 saturated heterocycles. The molecule has 30 heavy (non-hydrogen) atoms. The zero-order valence-electron chi connectivity index (χ0n) is 16.8. The van der Waals surface area contributed by atoms with Crippen LogP contribution in [0.4, 0.5) is 11.5 Å². The van der Waals surface area contributed by atoms with Crippen LogP contribution in [-0.2, 0) is 11.3 Å². The Balaban J connectivity index is 1.47. The minimum Gasteiger partial charge on any atom is -0.491 e. The molecule has 4 aromatic rings. The van der Waals surface area contributed by atoms with Crippen molar-refractivity contribution in [2.24, 2.45) is 0 Å².